The van der Waals surface area contributed by atoms with Crippen molar-refractivity contribution in [2.75, 3.05) is 13.6 Å². The minimum atomic E-state index is -1.43. The number of hydrogen-bond acceptors (Lipinski definition) is 2. The number of benzene rings is 1. The van der Waals surface area contributed by atoms with E-state index in [2.05, 4.69) is 11.8 Å². The van der Waals surface area contributed by atoms with Gasteiger partial charge in [0.2, 0.25) is 0 Å². The summed E-state index contributed by atoms with van der Waals surface area (Å²) < 4.78 is 40.0. The van der Waals surface area contributed by atoms with E-state index in [1.165, 1.54) is 6.42 Å². The van der Waals surface area contributed by atoms with Gasteiger partial charge in [0.1, 0.15) is 0 Å². The molecule has 21 heavy (non-hydrogen) atoms. The molecular weight excluding hydrogens is 277 g/mol. The molecule has 3 atom stereocenters. The molecule has 1 fully saturated rings. The average molecular weight is 300 g/mol. The Hall–Kier alpha value is -1.07. The highest BCUT2D eigenvalue weighted by Crippen LogP contribution is 2.32. The summed E-state index contributed by atoms with van der Waals surface area (Å²) in [5, 5.41) is 0. The van der Waals surface area contributed by atoms with E-state index in [4.69, 9.17) is 5.73 Å². The zero-order chi connectivity index (χ0) is 15.6. The number of halogens is 3. The van der Waals surface area contributed by atoms with E-state index < -0.39 is 17.5 Å². The third-order valence-corrected chi connectivity index (χ3v) is 4.70. The number of rotatable bonds is 4. The van der Waals surface area contributed by atoms with Crippen molar-refractivity contribution in [1.29, 1.82) is 0 Å². The van der Waals surface area contributed by atoms with Gasteiger partial charge in [0, 0.05) is 18.6 Å². The maximum Gasteiger partial charge on any atom is 0.194 e. The second-order valence-corrected chi connectivity index (χ2v) is 6.04. The molecule has 0 heterocycles. The highest BCUT2D eigenvalue weighted by atomic mass is 19.2. The van der Waals surface area contributed by atoms with Crippen LogP contribution in [0.3, 0.4) is 0 Å². The normalized spacial score (nSPS) is 24.3. The van der Waals surface area contributed by atoms with Gasteiger partial charge in [-0.05, 0) is 43.5 Å². The van der Waals surface area contributed by atoms with Crippen LogP contribution < -0.4 is 5.73 Å². The maximum atomic E-state index is 13.4. The van der Waals surface area contributed by atoms with E-state index in [0.29, 0.717) is 17.5 Å². The Morgan fingerprint density at radius 3 is 2.29 bits per heavy atom. The van der Waals surface area contributed by atoms with Crippen LogP contribution in [0.4, 0.5) is 13.2 Å². The molecule has 2 nitrogen and oxygen atoms in total. The van der Waals surface area contributed by atoms with Crippen LogP contribution in [-0.2, 0) is 0 Å². The molecule has 2 N–H and O–H groups in total. The van der Waals surface area contributed by atoms with Crippen molar-refractivity contribution in [1.82, 2.24) is 4.90 Å². The molecule has 2 rings (SSSR count). The second kappa shape index (κ2) is 6.79. The van der Waals surface area contributed by atoms with Gasteiger partial charge in [-0.1, -0.05) is 19.8 Å². The Labute approximate surface area is 124 Å². The van der Waals surface area contributed by atoms with Crippen molar-refractivity contribution in [3.8, 4) is 0 Å². The van der Waals surface area contributed by atoms with Crippen LogP contribution in [0.1, 0.15) is 44.2 Å². The molecule has 0 aliphatic heterocycles. The molecule has 0 spiro atoms. The van der Waals surface area contributed by atoms with Gasteiger partial charge in [-0.25, -0.2) is 13.2 Å². The number of likely N-dealkylation sites (N-methyl/N-ethyl adjacent to an activating group) is 1. The van der Waals surface area contributed by atoms with Crippen LogP contribution in [0.15, 0.2) is 12.1 Å². The lowest BCUT2D eigenvalue weighted by molar-refractivity contribution is 0.0988. The molecule has 1 aromatic carbocycles. The first-order valence-corrected chi connectivity index (χ1v) is 7.52. The summed E-state index contributed by atoms with van der Waals surface area (Å²) in [5.74, 6) is -3.22. The van der Waals surface area contributed by atoms with Crippen LogP contribution in [0.25, 0.3) is 0 Å². The molecule has 118 valence electrons. The monoisotopic (exact) mass is 300 g/mol. The highest BCUT2D eigenvalue weighted by molar-refractivity contribution is 5.23. The number of nitrogens with zero attached hydrogens (tertiary/aromatic N) is 1. The lowest BCUT2D eigenvalue weighted by Gasteiger charge is -2.40. The maximum absolute atomic E-state index is 13.4. The quantitative estimate of drug-likeness (QED) is 0.861. The topological polar surface area (TPSA) is 29.3 Å². The van der Waals surface area contributed by atoms with Gasteiger partial charge in [-0.3, -0.25) is 4.90 Å². The Kier molecular flexibility index (Phi) is 5.27. The summed E-state index contributed by atoms with van der Waals surface area (Å²) in [5.41, 5.74) is 6.21. The van der Waals surface area contributed by atoms with Crippen molar-refractivity contribution < 1.29 is 13.2 Å². The lowest BCUT2D eigenvalue weighted by Crippen LogP contribution is -2.43. The SMILES string of the molecule is CC1CCCCC1N(C)C(CN)c1cc(F)c(F)c(F)c1. The molecule has 1 aromatic rings. The van der Waals surface area contributed by atoms with Crippen molar-refractivity contribution in [2.24, 2.45) is 11.7 Å². The van der Waals surface area contributed by atoms with Crippen molar-refractivity contribution in [2.45, 2.75) is 44.7 Å². The minimum absolute atomic E-state index is 0.240. The molecular formula is C16H23F3N2. The van der Waals surface area contributed by atoms with Crippen molar-refractivity contribution in [3.63, 3.8) is 0 Å². The summed E-state index contributed by atoms with van der Waals surface area (Å²) in [6, 6.07) is 2.14. The highest BCUT2D eigenvalue weighted by Gasteiger charge is 2.30. The summed E-state index contributed by atoms with van der Waals surface area (Å²) in [6.07, 6.45) is 4.58. The fraction of sp³-hybridized carbons (Fsp3) is 0.625. The van der Waals surface area contributed by atoms with Gasteiger partial charge in [0.25, 0.3) is 0 Å². The molecule has 5 heteroatoms. The summed E-state index contributed by atoms with van der Waals surface area (Å²) >= 11 is 0. The van der Waals surface area contributed by atoms with Gasteiger partial charge >= 0.3 is 0 Å². The smallest absolute Gasteiger partial charge is 0.194 e. The molecule has 1 saturated carbocycles. The van der Waals surface area contributed by atoms with E-state index in [1.807, 2.05) is 7.05 Å². The first kappa shape index (κ1) is 16.3. The Morgan fingerprint density at radius 2 is 1.76 bits per heavy atom. The first-order chi connectivity index (χ1) is 9.95. The first-order valence-electron chi connectivity index (χ1n) is 7.52. The van der Waals surface area contributed by atoms with E-state index in [9.17, 15) is 13.2 Å². The van der Waals surface area contributed by atoms with Gasteiger partial charge < -0.3 is 5.73 Å². The fourth-order valence-corrected chi connectivity index (χ4v) is 3.44. The molecule has 0 amide bonds. The van der Waals surface area contributed by atoms with Crippen LogP contribution in [-0.4, -0.2) is 24.5 Å². The molecule has 0 aromatic heterocycles. The van der Waals surface area contributed by atoms with Crippen LogP contribution in [0.2, 0.25) is 0 Å². The van der Waals surface area contributed by atoms with E-state index in [0.717, 1.165) is 31.4 Å². The predicted molar refractivity (Wildman–Crippen MR) is 77.3 cm³/mol. The average Bonchev–Trinajstić information content (AvgIpc) is 2.45. The molecule has 0 saturated heterocycles. The van der Waals surface area contributed by atoms with Gasteiger partial charge in [0.05, 0.1) is 0 Å². The standard InChI is InChI=1S/C16H23F3N2/c1-10-5-3-4-6-14(10)21(2)15(9-20)11-7-12(17)16(19)13(18)8-11/h7-8,10,14-15H,3-6,9,20H2,1-2H3. The Bertz CT molecular complexity index is 469. The van der Waals surface area contributed by atoms with Crippen LogP contribution >= 0.6 is 0 Å². The largest absolute Gasteiger partial charge is 0.329 e. The van der Waals surface area contributed by atoms with Gasteiger partial charge in [0.15, 0.2) is 17.5 Å². The number of hydrogen-bond donors (Lipinski definition) is 1. The van der Waals surface area contributed by atoms with Crippen molar-refractivity contribution >= 4 is 0 Å². The predicted octanol–water partition coefficient (Wildman–Crippen LogP) is 3.61. The zero-order valence-electron chi connectivity index (χ0n) is 12.6. The van der Waals surface area contributed by atoms with E-state index >= 15 is 0 Å². The second-order valence-electron chi connectivity index (χ2n) is 6.04. The lowest BCUT2D eigenvalue weighted by atomic mass is 9.84. The molecule has 3 unspecified atom stereocenters. The van der Waals surface area contributed by atoms with Crippen molar-refractivity contribution in [3.05, 3.63) is 35.1 Å². The molecule has 1 aliphatic rings. The van der Waals surface area contributed by atoms with Gasteiger partial charge in [-0.15, -0.1) is 0 Å². The molecule has 0 bridgehead atoms. The van der Waals surface area contributed by atoms with E-state index in [-0.39, 0.29) is 12.6 Å². The summed E-state index contributed by atoms with van der Waals surface area (Å²) in [7, 11) is 1.93. The third kappa shape index (κ3) is 3.40. The minimum Gasteiger partial charge on any atom is -0.329 e. The molecule has 0 radical (unpaired) electrons. The molecule has 1 aliphatic carbocycles. The fourth-order valence-electron chi connectivity index (χ4n) is 3.44. The summed E-state index contributed by atoms with van der Waals surface area (Å²) in [6.45, 7) is 2.43. The Balaban J connectivity index is 2.26. The third-order valence-electron chi connectivity index (χ3n) is 4.70. The van der Waals surface area contributed by atoms with Crippen LogP contribution in [0.5, 0.6) is 0 Å². The van der Waals surface area contributed by atoms with Crippen LogP contribution in [0, 0.1) is 23.4 Å². The zero-order valence-corrected chi connectivity index (χ0v) is 12.6. The van der Waals surface area contributed by atoms with Gasteiger partial charge in [-0.2, -0.15) is 0 Å². The number of nitrogens with two attached hydrogens (primary N) is 1. The Morgan fingerprint density at radius 1 is 1.19 bits per heavy atom. The van der Waals surface area contributed by atoms with E-state index in [1.54, 1.807) is 0 Å². The summed E-state index contributed by atoms with van der Waals surface area (Å²) in [4.78, 5) is 2.09.